The molecule has 1 aromatic carbocycles. The van der Waals surface area contributed by atoms with Gasteiger partial charge in [0, 0.05) is 64.5 Å². The molecule has 1 atom stereocenters. The zero-order valence-corrected chi connectivity index (χ0v) is 20.5. The molecule has 0 bridgehead atoms. The molecule has 0 unspecified atom stereocenters. The maximum absolute atomic E-state index is 13.4. The first kappa shape index (κ1) is 23.5. The molecule has 2 saturated heterocycles. The molecule has 5 rings (SSSR count). The summed E-state index contributed by atoms with van der Waals surface area (Å²) in [7, 11) is 1.88. The number of anilines is 1. The second kappa shape index (κ2) is 9.41. The average molecular weight is 476 g/mol. The van der Waals surface area contributed by atoms with E-state index in [0.29, 0.717) is 30.6 Å². The second-order valence-corrected chi connectivity index (χ2v) is 10.0. The van der Waals surface area contributed by atoms with E-state index < -0.39 is 5.66 Å². The molecule has 0 N–H and O–H groups in total. The highest BCUT2D eigenvalue weighted by Crippen LogP contribution is 2.44. The van der Waals surface area contributed by atoms with Gasteiger partial charge in [0.15, 0.2) is 0 Å². The zero-order chi connectivity index (χ0) is 24.6. The van der Waals surface area contributed by atoms with Gasteiger partial charge in [0.05, 0.1) is 11.3 Å². The van der Waals surface area contributed by atoms with Crippen LogP contribution in [0.1, 0.15) is 54.9 Å². The van der Waals surface area contributed by atoms with Gasteiger partial charge in [0.1, 0.15) is 5.66 Å². The third-order valence-corrected chi connectivity index (χ3v) is 7.95. The van der Waals surface area contributed by atoms with Crippen molar-refractivity contribution in [3.8, 4) is 0 Å². The van der Waals surface area contributed by atoms with Crippen LogP contribution in [0.5, 0.6) is 0 Å². The fraction of sp³-hybridized carbons (Fsp3) is 0.481. The molecule has 2 aromatic rings. The predicted octanol–water partition coefficient (Wildman–Crippen LogP) is 2.89. The van der Waals surface area contributed by atoms with Crippen LogP contribution in [0, 0.1) is 0 Å². The van der Waals surface area contributed by atoms with Crippen molar-refractivity contribution < 1.29 is 14.4 Å². The molecule has 4 heterocycles. The van der Waals surface area contributed by atoms with Gasteiger partial charge in [-0.2, -0.15) is 0 Å². The summed E-state index contributed by atoms with van der Waals surface area (Å²) >= 11 is 0. The van der Waals surface area contributed by atoms with Crippen LogP contribution in [-0.2, 0) is 16.1 Å². The maximum atomic E-state index is 13.4. The van der Waals surface area contributed by atoms with Crippen molar-refractivity contribution in [2.24, 2.45) is 0 Å². The van der Waals surface area contributed by atoms with Gasteiger partial charge < -0.3 is 9.80 Å². The Morgan fingerprint density at radius 1 is 1.11 bits per heavy atom. The summed E-state index contributed by atoms with van der Waals surface area (Å²) in [6, 6.07) is 11.6. The first-order valence-electron chi connectivity index (χ1n) is 12.5. The summed E-state index contributed by atoms with van der Waals surface area (Å²) in [4.78, 5) is 51.1. The Balaban J connectivity index is 1.20. The Morgan fingerprint density at radius 3 is 2.57 bits per heavy atom. The molecule has 0 spiro atoms. The van der Waals surface area contributed by atoms with E-state index in [-0.39, 0.29) is 30.2 Å². The number of carbonyl (C=O) groups excluding carboxylic acids is 3. The van der Waals surface area contributed by atoms with Crippen molar-refractivity contribution in [2.45, 2.75) is 57.3 Å². The Kier molecular flexibility index (Phi) is 6.32. The second-order valence-electron chi connectivity index (χ2n) is 10.0. The molecule has 2 fully saturated rings. The van der Waals surface area contributed by atoms with E-state index >= 15 is 0 Å². The summed E-state index contributed by atoms with van der Waals surface area (Å²) in [6.07, 6.45) is 6.74. The minimum absolute atomic E-state index is 0.0272. The van der Waals surface area contributed by atoms with Crippen LogP contribution in [0.25, 0.3) is 0 Å². The van der Waals surface area contributed by atoms with Crippen molar-refractivity contribution in [2.75, 3.05) is 31.6 Å². The molecule has 3 amide bonds. The van der Waals surface area contributed by atoms with Crippen LogP contribution in [0.3, 0.4) is 0 Å². The maximum Gasteiger partial charge on any atom is 0.257 e. The van der Waals surface area contributed by atoms with Gasteiger partial charge in [0.25, 0.3) is 5.91 Å². The fourth-order valence-corrected chi connectivity index (χ4v) is 5.84. The van der Waals surface area contributed by atoms with Crippen LogP contribution in [0.4, 0.5) is 5.69 Å². The number of nitrogens with zero attached hydrogens (tertiary/aromatic N) is 5. The molecule has 3 aliphatic rings. The van der Waals surface area contributed by atoms with E-state index in [2.05, 4.69) is 9.88 Å². The lowest BCUT2D eigenvalue weighted by molar-refractivity contribution is -0.133. The first-order valence-corrected chi connectivity index (χ1v) is 12.5. The lowest BCUT2D eigenvalue weighted by Crippen LogP contribution is -2.62. The minimum atomic E-state index is -0.723. The first-order chi connectivity index (χ1) is 16.9. The number of carbonyl (C=O) groups is 3. The number of fused-ring (bicyclic) bond motifs is 3. The van der Waals surface area contributed by atoms with E-state index in [4.69, 9.17) is 0 Å². The summed E-state index contributed by atoms with van der Waals surface area (Å²) in [5.41, 5.74) is 1.74. The highest BCUT2D eigenvalue weighted by molar-refractivity contribution is 6.10. The van der Waals surface area contributed by atoms with E-state index in [1.54, 1.807) is 15.9 Å². The van der Waals surface area contributed by atoms with Crippen LogP contribution >= 0.6 is 0 Å². The number of likely N-dealkylation sites (tertiary alicyclic amines) is 1. The fourth-order valence-electron chi connectivity index (χ4n) is 5.84. The average Bonchev–Trinajstić information content (AvgIpc) is 3.19. The molecule has 8 heteroatoms. The predicted molar refractivity (Wildman–Crippen MR) is 133 cm³/mol. The molecule has 35 heavy (non-hydrogen) atoms. The molecule has 184 valence electrons. The van der Waals surface area contributed by atoms with Crippen molar-refractivity contribution >= 4 is 23.4 Å². The van der Waals surface area contributed by atoms with Gasteiger partial charge in [-0.3, -0.25) is 29.2 Å². The molecular weight excluding hydrogens is 442 g/mol. The molecule has 0 saturated carbocycles. The summed E-state index contributed by atoms with van der Waals surface area (Å²) in [6.45, 7) is 5.04. The number of hydrogen-bond acceptors (Lipinski definition) is 5. The molecule has 0 aliphatic carbocycles. The third kappa shape index (κ3) is 4.31. The number of benzene rings is 1. The molecule has 8 nitrogen and oxygen atoms in total. The van der Waals surface area contributed by atoms with Gasteiger partial charge in [-0.05, 0) is 56.0 Å². The number of para-hydroxylation sites is 1. The van der Waals surface area contributed by atoms with E-state index in [0.717, 1.165) is 32.5 Å². The number of rotatable bonds is 6. The topological polar surface area (TPSA) is 77.1 Å². The summed E-state index contributed by atoms with van der Waals surface area (Å²) in [5, 5.41) is 0. The quantitative estimate of drug-likeness (QED) is 0.642. The van der Waals surface area contributed by atoms with Gasteiger partial charge in [-0.25, -0.2) is 0 Å². The highest BCUT2D eigenvalue weighted by atomic mass is 16.2. The Bertz CT molecular complexity index is 1110. The zero-order valence-electron chi connectivity index (χ0n) is 20.5. The standard InChI is InChI=1S/C27H33N5O3/c1-27-13-7-25(34)32(27)23-6-4-3-5-22(23)26(35)31(27)18-12-24(33)29(2)21-10-16-30(17-11-21)19-20-8-14-28-15-9-20/h3-6,8-9,14-15,21H,7,10-13,16-19H2,1-2H3/t27-/m0/s1. The molecular formula is C27H33N5O3. The van der Waals surface area contributed by atoms with Crippen LogP contribution in [0.2, 0.25) is 0 Å². The van der Waals surface area contributed by atoms with Crippen molar-refractivity contribution in [1.82, 2.24) is 19.7 Å². The smallest absolute Gasteiger partial charge is 0.257 e. The Labute approximate surface area is 206 Å². The number of piperidine rings is 1. The minimum Gasteiger partial charge on any atom is -0.343 e. The lowest BCUT2D eigenvalue weighted by Gasteiger charge is -2.48. The molecule has 3 aliphatic heterocycles. The SMILES string of the molecule is CN(C(=O)CCN1C(=O)c2ccccc2N2C(=O)CC[C@@]12C)C1CCN(Cc2ccncc2)CC1. The monoisotopic (exact) mass is 475 g/mol. The Morgan fingerprint density at radius 2 is 1.83 bits per heavy atom. The van der Waals surface area contributed by atoms with Crippen molar-refractivity contribution in [3.63, 3.8) is 0 Å². The van der Waals surface area contributed by atoms with Gasteiger partial charge in [-0.1, -0.05) is 12.1 Å². The van der Waals surface area contributed by atoms with E-state index in [9.17, 15) is 14.4 Å². The van der Waals surface area contributed by atoms with Crippen LogP contribution in [-0.4, -0.2) is 75.8 Å². The number of hydrogen-bond donors (Lipinski definition) is 0. The number of aromatic nitrogens is 1. The number of amides is 3. The summed E-state index contributed by atoms with van der Waals surface area (Å²) in [5.74, 6) is -0.0305. The molecule has 0 radical (unpaired) electrons. The van der Waals surface area contributed by atoms with Gasteiger partial charge >= 0.3 is 0 Å². The van der Waals surface area contributed by atoms with E-state index in [1.807, 2.05) is 61.6 Å². The lowest BCUT2D eigenvalue weighted by atomic mass is 9.97. The highest BCUT2D eigenvalue weighted by Gasteiger charge is 2.52. The normalized spacial score (nSPS) is 22.8. The largest absolute Gasteiger partial charge is 0.343 e. The summed E-state index contributed by atoms with van der Waals surface area (Å²) < 4.78 is 0. The van der Waals surface area contributed by atoms with Gasteiger partial charge in [0.2, 0.25) is 11.8 Å². The molecule has 1 aromatic heterocycles. The van der Waals surface area contributed by atoms with Crippen LogP contribution in [0.15, 0.2) is 48.8 Å². The van der Waals surface area contributed by atoms with Gasteiger partial charge in [-0.15, -0.1) is 0 Å². The van der Waals surface area contributed by atoms with Crippen molar-refractivity contribution in [1.29, 1.82) is 0 Å². The Hall–Kier alpha value is -3.26. The van der Waals surface area contributed by atoms with Crippen molar-refractivity contribution in [3.05, 3.63) is 59.9 Å². The van der Waals surface area contributed by atoms with Crippen LogP contribution < -0.4 is 4.90 Å². The third-order valence-electron chi connectivity index (χ3n) is 7.95. The van der Waals surface area contributed by atoms with E-state index in [1.165, 1.54) is 5.56 Å². The number of pyridine rings is 1.